The van der Waals surface area contributed by atoms with Crippen LogP contribution in [-0.2, 0) is 31.1 Å². The molecule has 4 aliphatic rings. The summed E-state index contributed by atoms with van der Waals surface area (Å²) in [5.41, 5.74) is -0.525. The second-order valence-electron chi connectivity index (χ2n) is 11.5. The van der Waals surface area contributed by atoms with E-state index < -0.39 is 76.8 Å². The monoisotopic (exact) mass is 657 g/mol. The average Bonchev–Trinajstić information content (AvgIpc) is 3.65. The lowest BCUT2D eigenvalue weighted by atomic mass is 9.89. The Morgan fingerprint density at radius 2 is 1.87 bits per heavy atom. The molecule has 0 radical (unpaired) electrons. The van der Waals surface area contributed by atoms with Crippen molar-refractivity contribution in [2.45, 2.75) is 63.0 Å². The third-order valence-corrected chi connectivity index (χ3v) is 9.24. The van der Waals surface area contributed by atoms with E-state index in [2.05, 4.69) is 10.0 Å². The van der Waals surface area contributed by atoms with Crippen molar-refractivity contribution in [3.05, 3.63) is 58.9 Å². The molecule has 1 unspecified atom stereocenters. The number of carbonyl (C=O) groups excluding carboxylic acids is 4. The molecule has 5 rings (SSSR count). The molecule has 2 fully saturated rings. The number of alkyl halides is 3. The van der Waals surface area contributed by atoms with Crippen LogP contribution in [0.1, 0.15) is 38.2 Å². The summed E-state index contributed by atoms with van der Waals surface area (Å²) in [5.74, 6) is -1.92. The molecule has 3 N–H and O–H groups in total. The van der Waals surface area contributed by atoms with Gasteiger partial charge >= 0.3 is 28.5 Å². The van der Waals surface area contributed by atoms with Crippen molar-refractivity contribution in [2.75, 3.05) is 19.6 Å². The Kier molecular flexibility index (Phi) is 8.70. The molecule has 3 aliphatic carbocycles. The van der Waals surface area contributed by atoms with Gasteiger partial charge in [-0.15, -0.1) is 0 Å². The fourth-order valence-corrected chi connectivity index (χ4v) is 6.36. The van der Waals surface area contributed by atoms with Crippen LogP contribution in [0.2, 0.25) is 0 Å². The van der Waals surface area contributed by atoms with Crippen LogP contribution in [0.4, 0.5) is 27.2 Å². The van der Waals surface area contributed by atoms with Crippen LogP contribution in [0.25, 0.3) is 0 Å². The van der Waals surface area contributed by atoms with Gasteiger partial charge in [0.25, 0.3) is 0 Å². The van der Waals surface area contributed by atoms with E-state index in [9.17, 15) is 45.2 Å². The molecule has 1 spiro atoms. The van der Waals surface area contributed by atoms with Gasteiger partial charge < -0.3 is 15.0 Å². The van der Waals surface area contributed by atoms with Crippen LogP contribution in [0.15, 0.2) is 47.6 Å². The predicted octanol–water partition coefficient (Wildman–Crippen LogP) is 2.44. The molecule has 1 heterocycles. The summed E-state index contributed by atoms with van der Waals surface area (Å²) >= 11 is 0. The Balaban J connectivity index is 1.24. The van der Waals surface area contributed by atoms with Gasteiger partial charge in [-0.25, -0.2) is 18.7 Å². The summed E-state index contributed by atoms with van der Waals surface area (Å²) in [5, 5.41) is 2.30. The van der Waals surface area contributed by atoms with Crippen molar-refractivity contribution in [3.63, 3.8) is 0 Å². The number of fused-ring (bicyclic) bond motifs is 1. The number of ether oxygens (including phenoxy) is 1. The maximum absolute atomic E-state index is 13.7. The molecule has 244 valence electrons. The summed E-state index contributed by atoms with van der Waals surface area (Å²) in [7, 11) is -4.13. The molecule has 1 aromatic carbocycles. The molecular weight excluding hydrogens is 626 g/mol. The van der Waals surface area contributed by atoms with Gasteiger partial charge in [-0.3, -0.25) is 14.5 Å². The van der Waals surface area contributed by atoms with Crippen molar-refractivity contribution < 1.29 is 49.9 Å². The number of benzene rings is 1. The van der Waals surface area contributed by atoms with Crippen LogP contribution in [0.3, 0.4) is 0 Å². The van der Waals surface area contributed by atoms with Crippen LogP contribution in [0.5, 0.6) is 0 Å². The highest BCUT2D eigenvalue weighted by molar-refractivity contribution is 7.88. The Hall–Kier alpha value is -3.99. The number of ketones is 1. The standard InChI is InChI=1S/C28H31F4N5O7S/c1-16(28(30,31)32)37(13-18-4-6-19(29)7-5-18)23(38)14-36-15-27(44-26(36)41)11-10-20-21(27)8-9-22(24(20)39)34-25(40)35-45(42,43)33-12-17-2-3-17/h4-9,16-17,22,33H,2-3,10-15H2,1H3,(H2,34,35,40)/t16-,22?,27-/m0/s1. The molecular formula is C28H31F4N5O7S. The summed E-state index contributed by atoms with van der Waals surface area (Å²) in [4.78, 5) is 53.1. The number of hydrogen-bond acceptors (Lipinski definition) is 7. The number of amides is 4. The summed E-state index contributed by atoms with van der Waals surface area (Å²) in [6, 6.07) is 0.104. The summed E-state index contributed by atoms with van der Waals surface area (Å²) in [6.45, 7) is -0.445. The number of nitrogens with one attached hydrogen (secondary N) is 3. The van der Waals surface area contributed by atoms with E-state index >= 15 is 0 Å². The lowest BCUT2D eigenvalue weighted by Gasteiger charge is -2.32. The molecule has 4 amide bonds. The van der Waals surface area contributed by atoms with Crippen LogP contribution < -0.4 is 14.8 Å². The molecule has 17 heteroatoms. The lowest BCUT2D eigenvalue weighted by molar-refractivity contribution is -0.187. The zero-order valence-electron chi connectivity index (χ0n) is 24.0. The minimum atomic E-state index is -4.78. The number of Topliss-reactive ketones (excluding diaryl/α,β-unsaturated/α-hetero) is 1. The number of urea groups is 1. The number of hydrogen-bond donors (Lipinski definition) is 3. The quantitative estimate of drug-likeness (QED) is 0.327. The smallest absolute Gasteiger partial charge is 0.411 e. The summed E-state index contributed by atoms with van der Waals surface area (Å²) in [6.07, 6.45) is -0.883. The number of rotatable bonds is 10. The number of nitrogens with zero attached hydrogens (tertiary/aromatic N) is 2. The van der Waals surface area contributed by atoms with Crippen molar-refractivity contribution in [1.29, 1.82) is 0 Å². The second kappa shape index (κ2) is 12.1. The molecule has 0 bridgehead atoms. The van der Waals surface area contributed by atoms with Gasteiger partial charge in [0.1, 0.15) is 24.4 Å². The van der Waals surface area contributed by atoms with Gasteiger partial charge in [0.2, 0.25) is 5.91 Å². The first kappa shape index (κ1) is 32.4. The topological polar surface area (TPSA) is 154 Å². The van der Waals surface area contributed by atoms with Gasteiger partial charge in [0.05, 0.1) is 6.54 Å². The van der Waals surface area contributed by atoms with Gasteiger partial charge in [-0.1, -0.05) is 24.3 Å². The maximum atomic E-state index is 13.7. The van der Waals surface area contributed by atoms with Gasteiger partial charge in [0, 0.05) is 24.2 Å². The molecule has 1 saturated heterocycles. The van der Waals surface area contributed by atoms with E-state index in [-0.39, 0.29) is 43.0 Å². The first-order chi connectivity index (χ1) is 21.1. The molecule has 0 aromatic heterocycles. The first-order valence-corrected chi connectivity index (χ1v) is 15.7. The third kappa shape index (κ3) is 7.30. The number of carbonyl (C=O) groups is 4. The SMILES string of the molecule is C[C@H](N(Cc1ccc(F)cc1)C(=O)CN1C[C@]2(CCC3=C2C=CC(NC(=O)NS(=O)(=O)NCC2CC2)C3=O)OC1=O)C(F)(F)F. The molecule has 1 aliphatic heterocycles. The van der Waals surface area contributed by atoms with E-state index in [1.165, 1.54) is 24.3 Å². The van der Waals surface area contributed by atoms with Crippen molar-refractivity contribution in [2.24, 2.45) is 5.92 Å². The second-order valence-corrected chi connectivity index (χ2v) is 13.0. The molecule has 3 atom stereocenters. The normalized spacial score (nSPS) is 23.7. The highest BCUT2D eigenvalue weighted by atomic mass is 32.2. The highest BCUT2D eigenvalue weighted by Crippen LogP contribution is 2.45. The first-order valence-electron chi connectivity index (χ1n) is 14.2. The minimum Gasteiger partial charge on any atom is -0.436 e. The van der Waals surface area contributed by atoms with Crippen LogP contribution in [0, 0.1) is 11.7 Å². The fourth-order valence-electron chi connectivity index (χ4n) is 5.53. The fraction of sp³-hybridized carbons (Fsp3) is 0.500. The van der Waals surface area contributed by atoms with Crippen molar-refractivity contribution in [3.8, 4) is 0 Å². The molecule has 1 aromatic rings. The Bertz CT molecular complexity index is 1560. The number of halogens is 4. The zero-order chi connectivity index (χ0) is 32.7. The van der Waals surface area contributed by atoms with E-state index in [0.717, 1.165) is 36.8 Å². The van der Waals surface area contributed by atoms with Gasteiger partial charge in [-0.05, 0) is 56.2 Å². The van der Waals surface area contributed by atoms with E-state index in [0.29, 0.717) is 10.5 Å². The molecule has 12 nitrogen and oxygen atoms in total. The van der Waals surface area contributed by atoms with Crippen molar-refractivity contribution in [1.82, 2.24) is 24.6 Å². The van der Waals surface area contributed by atoms with E-state index in [1.54, 1.807) is 4.72 Å². The van der Waals surface area contributed by atoms with Gasteiger partial charge in [0.15, 0.2) is 11.4 Å². The Labute approximate surface area is 256 Å². The van der Waals surface area contributed by atoms with Crippen LogP contribution in [-0.4, -0.2) is 85.5 Å². The van der Waals surface area contributed by atoms with Crippen molar-refractivity contribution >= 4 is 34.0 Å². The summed E-state index contributed by atoms with van der Waals surface area (Å²) < 4.78 is 88.2. The zero-order valence-corrected chi connectivity index (χ0v) is 24.8. The third-order valence-electron chi connectivity index (χ3n) is 8.24. The molecule has 45 heavy (non-hydrogen) atoms. The van der Waals surface area contributed by atoms with Crippen LogP contribution >= 0.6 is 0 Å². The largest absolute Gasteiger partial charge is 0.436 e. The molecule has 1 saturated carbocycles. The maximum Gasteiger partial charge on any atom is 0.411 e. The Morgan fingerprint density at radius 3 is 2.51 bits per heavy atom. The average molecular weight is 658 g/mol. The van der Waals surface area contributed by atoms with E-state index in [1.807, 2.05) is 0 Å². The minimum absolute atomic E-state index is 0.135. The lowest BCUT2D eigenvalue weighted by Crippen LogP contribution is -2.51. The highest BCUT2D eigenvalue weighted by Gasteiger charge is 2.54. The Morgan fingerprint density at radius 1 is 1.18 bits per heavy atom. The van der Waals surface area contributed by atoms with Gasteiger partial charge in [-0.2, -0.15) is 26.3 Å². The predicted molar refractivity (Wildman–Crippen MR) is 149 cm³/mol. The van der Waals surface area contributed by atoms with E-state index in [4.69, 9.17) is 4.74 Å².